The first-order valence-electron chi connectivity index (χ1n) is 9.44. The predicted molar refractivity (Wildman–Crippen MR) is 103 cm³/mol. The van der Waals surface area contributed by atoms with Gasteiger partial charge >= 0.3 is 5.97 Å². The fraction of sp³-hybridized carbons (Fsp3) is 0.476. The van der Waals surface area contributed by atoms with E-state index in [2.05, 4.69) is 36.0 Å². The van der Waals surface area contributed by atoms with Crippen molar-refractivity contribution in [3.05, 3.63) is 53.5 Å². The predicted octanol–water partition coefficient (Wildman–Crippen LogP) is 3.47. The molecule has 1 N–H and O–H groups in total. The summed E-state index contributed by atoms with van der Waals surface area (Å²) in [4.78, 5) is 15.7. The van der Waals surface area contributed by atoms with Crippen molar-refractivity contribution in [2.75, 3.05) is 27.2 Å². The van der Waals surface area contributed by atoms with E-state index < -0.39 is 5.97 Å². The van der Waals surface area contributed by atoms with Crippen molar-refractivity contribution in [1.29, 1.82) is 0 Å². The van der Waals surface area contributed by atoms with Gasteiger partial charge in [0.25, 0.3) is 0 Å². The average molecular weight is 372 g/mol. The number of nitrogens with zero attached hydrogens (tertiary/aromatic N) is 2. The number of furan rings is 1. The van der Waals surface area contributed by atoms with Gasteiger partial charge < -0.3 is 24.1 Å². The second-order valence-electron chi connectivity index (χ2n) is 7.33. The molecule has 146 valence electrons. The Bertz CT molecular complexity index is 741. The number of aromatic carboxylic acids is 1. The van der Waals surface area contributed by atoms with Crippen LogP contribution in [0, 0.1) is 0 Å². The molecule has 0 amide bonds. The van der Waals surface area contributed by atoms with Crippen LogP contribution >= 0.6 is 0 Å². The molecule has 2 aromatic rings. The molecule has 1 fully saturated rings. The Labute approximate surface area is 160 Å². The average Bonchev–Trinajstić information content (AvgIpc) is 3.12. The Hall–Kier alpha value is -2.31. The van der Waals surface area contributed by atoms with E-state index in [4.69, 9.17) is 14.3 Å². The van der Waals surface area contributed by atoms with Crippen LogP contribution in [0.4, 0.5) is 0 Å². The fourth-order valence-corrected chi connectivity index (χ4v) is 3.53. The van der Waals surface area contributed by atoms with Crippen LogP contribution < -0.4 is 4.74 Å². The van der Waals surface area contributed by atoms with E-state index in [0.29, 0.717) is 11.8 Å². The van der Waals surface area contributed by atoms with E-state index in [9.17, 15) is 4.79 Å². The monoisotopic (exact) mass is 372 g/mol. The zero-order valence-electron chi connectivity index (χ0n) is 16.1. The minimum absolute atomic E-state index is 0.0735. The van der Waals surface area contributed by atoms with Crippen molar-refractivity contribution in [1.82, 2.24) is 9.80 Å². The number of carbonyl (C=O) groups is 1. The molecule has 3 rings (SSSR count). The summed E-state index contributed by atoms with van der Waals surface area (Å²) in [7, 11) is 4.39. The molecular formula is C21H28N2O4. The molecule has 0 radical (unpaired) electrons. The van der Waals surface area contributed by atoms with Gasteiger partial charge in [-0.15, -0.1) is 0 Å². The number of hydrogen-bond donors (Lipinski definition) is 1. The van der Waals surface area contributed by atoms with Crippen LogP contribution in [0.5, 0.6) is 5.75 Å². The first-order chi connectivity index (χ1) is 13.0. The molecule has 0 bridgehead atoms. The minimum atomic E-state index is -1.07. The molecule has 0 aliphatic carbocycles. The van der Waals surface area contributed by atoms with Crippen LogP contribution in [-0.2, 0) is 13.2 Å². The molecule has 1 aromatic carbocycles. The number of benzene rings is 1. The van der Waals surface area contributed by atoms with Gasteiger partial charge in [0.1, 0.15) is 18.1 Å². The second kappa shape index (κ2) is 9.06. The van der Waals surface area contributed by atoms with Gasteiger partial charge in [-0.05, 0) is 63.3 Å². The maximum absolute atomic E-state index is 10.8. The highest BCUT2D eigenvalue weighted by Crippen LogP contribution is 2.19. The number of carboxylic acids is 1. The van der Waals surface area contributed by atoms with Crippen molar-refractivity contribution in [2.24, 2.45) is 0 Å². The molecule has 0 spiro atoms. The largest absolute Gasteiger partial charge is 0.486 e. The maximum Gasteiger partial charge on any atom is 0.371 e. The fourth-order valence-electron chi connectivity index (χ4n) is 3.53. The summed E-state index contributed by atoms with van der Waals surface area (Å²) in [6.07, 6.45) is 3.93. The highest BCUT2D eigenvalue weighted by Gasteiger charge is 2.20. The number of rotatable bonds is 8. The molecule has 1 aliphatic rings. The number of likely N-dealkylation sites (tertiary alicyclic amines) is 1. The van der Waals surface area contributed by atoms with Crippen LogP contribution in [0.1, 0.15) is 41.1 Å². The molecule has 1 aliphatic heterocycles. The SMILES string of the molecule is CN(Cc1ccc(OCc2ccc(C(=O)O)o2)cc1)C[C@@H]1CCCCN1C. The van der Waals surface area contributed by atoms with E-state index >= 15 is 0 Å². The van der Waals surface area contributed by atoms with Crippen LogP contribution in [0.15, 0.2) is 40.8 Å². The number of likely N-dealkylation sites (N-methyl/N-ethyl adjacent to an activating group) is 2. The van der Waals surface area contributed by atoms with E-state index in [1.54, 1.807) is 6.07 Å². The summed E-state index contributed by atoms with van der Waals surface area (Å²) in [5.74, 6) is 0.0826. The van der Waals surface area contributed by atoms with Gasteiger partial charge in [0, 0.05) is 19.1 Å². The van der Waals surface area contributed by atoms with Gasteiger partial charge in [0.15, 0.2) is 0 Å². The Morgan fingerprint density at radius 2 is 2.04 bits per heavy atom. The first kappa shape index (κ1) is 19.5. The smallest absolute Gasteiger partial charge is 0.371 e. The lowest BCUT2D eigenvalue weighted by Crippen LogP contribution is -2.43. The summed E-state index contributed by atoms with van der Waals surface area (Å²) in [6, 6.07) is 11.7. The van der Waals surface area contributed by atoms with E-state index in [-0.39, 0.29) is 12.4 Å². The molecular weight excluding hydrogens is 344 g/mol. The van der Waals surface area contributed by atoms with Gasteiger partial charge in [-0.2, -0.15) is 0 Å². The van der Waals surface area contributed by atoms with E-state index in [1.807, 2.05) is 12.1 Å². The summed E-state index contributed by atoms with van der Waals surface area (Å²) in [5.41, 5.74) is 1.24. The molecule has 6 heteroatoms. The summed E-state index contributed by atoms with van der Waals surface area (Å²) >= 11 is 0. The zero-order valence-corrected chi connectivity index (χ0v) is 16.1. The molecule has 1 atom stereocenters. The van der Waals surface area contributed by atoms with Crippen molar-refractivity contribution in [3.8, 4) is 5.75 Å². The zero-order chi connectivity index (χ0) is 19.2. The lowest BCUT2D eigenvalue weighted by Gasteiger charge is -2.35. The van der Waals surface area contributed by atoms with Gasteiger partial charge in [0.05, 0.1) is 0 Å². The van der Waals surface area contributed by atoms with E-state index in [1.165, 1.54) is 37.4 Å². The summed E-state index contributed by atoms with van der Waals surface area (Å²) in [5, 5.41) is 8.86. The highest BCUT2D eigenvalue weighted by atomic mass is 16.5. The number of piperidine rings is 1. The first-order valence-corrected chi connectivity index (χ1v) is 9.44. The number of hydrogen-bond acceptors (Lipinski definition) is 5. The lowest BCUT2D eigenvalue weighted by atomic mass is 10.0. The molecule has 0 unspecified atom stereocenters. The molecule has 6 nitrogen and oxygen atoms in total. The van der Waals surface area contributed by atoms with E-state index in [0.717, 1.165) is 18.8 Å². The molecule has 2 heterocycles. The molecule has 1 aromatic heterocycles. The van der Waals surface area contributed by atoms with Gasteiger partial charge in [-0.1, -0.05) is 18.6 Å². The van der Waals surface area contributed by atoms with Crippen molar-refractivity contribution < 1.29 is 19.1 Å². The minimum Gasteiger partial charge on any atom is -0.486 e. The Morgan fingerprint density at radius 1 is 1.26 bits per heavy atom. The van der Waals surface area contributed by atoms with Gasteiger partial charge in [0.2, 0.25) is 5.76 Å². The van der Waals surface area contributed by atoms with Crippen LogP contribution in [0.25, 0.3) is 0 Å². The standard InChI is InChI=1S/C21H28N2O4/c1-22(14-17-5-3-4-12-23(17)2)13-16-6-8-18(9-7-16)26-15-19-10-11-20(27-19)21(24)25/h6-11,17H,3-5,12-15H2,1-2H3,(H,24,25)/t17-/m0/s1. The number of carboxylic acid groups (broad SMARTS) is 1. The van der Waals surface area contributed by atoms with Gasteiger partial charge in [-0.25, -0.2) is 4.79 Å². The van der Waals surface area contributed by atoms with Crippen molar-refractivity contribution in [2.45, 2.75) is 38.5 Å². The van der Waals surface area contributed by atoms with Gasteiger partial charge in [-0.3, -0.25) is 0 Å². The summed E-state index contributed by atoms with van der Waals surface area (Å²) < 4.78 is 10.9. The quantitative estimate of drug-likeness (QED) is 0.765. The highest BCUT2D eigenvalue weighted by molar-refractivity contribution is 5.84. The molecule has 0 saturated carbocycles. The normalized spacial score (nSPS) is 18.0. The third kappa shape index (κ3) is 5.58. The van der Waals surface area contributed by atoms with Crippen molar-refractivity contribution >= 4 is 5.97 Å². The third-order valence-corrected chi connectivity index (χ3v) is 5.07. The number of ether oxygens (including phenoxy) is 1. The molecule has 27 heavy (non-hydrogen) atoms. The topological polar surface area (TPSA) is 66.1 Å². The lowest BCUT2D eigenvalue weighted by molar-refractivity contribution is 0.0658. The Morgan fingerprint density at radius 3 is 2.70 bits per heavy atom. The molecule has 1 saturated heterocycles. The second-order valence-corrected chi connectivity index (χ2v) is 7.33. The maximum atomic E-state index is 10.8. The van der Waals surface area contributed by atoms with Crippen LogP contribution in [0.3, 0.4) is 0 Å². The van der Waals surface area contributed by atoms with Crippen molar-refractivity contribution in [3.63, 3.8) is 0 Å². The third-order valence-electron chi connectivity index (χ3n) is 5.07. The van der Waals surface area contributed by atoms with Crippen LogP contribution in [-0.4, -0.2) is 54.1 Å². The summed E-state index contributed by atoms with van der Waals surface area (Å²) in [6.45, 7) is 3.40. The Kier molecular flexibility index (Phi) is 6.53. The Balaban J connectivity index is 1.47. The van der Waals surface area contributed by atoms with Crippen LogP contribution in [0.2, 0.25) is 0 Å².